The van der Waals surface area contributed by atoms with Crippen LogP contribution in [0, 0.1) is 0 Å². The molecular formula is C6H13NO10S2. The number of hydrogen-bond donors (Lipinski definition) is 5. The Bertz CT molecular complexity index is 500. The van der Waals surface area contributed by atoms with E-state index in [2.05, 4.69) is 4.18 Å². The van der Waals surface area contributed by atoms with Gasteiger partial charge in [0, 0.05) is 6.42 Å². The van der Waals surface area contributed by atoms with E-state index in [1.54, 1.807) is 0 Å². The van der Waals surface area contributed by atoms with Gasteiger partial charge in [0.1, 0.15) is 12.1 Å². The maximum absolute atomic E-state index is 10.7. The molecule has 1 heterocycles. The Morgan fingerprint density at radius 3 is 2.26 bits per heavy atom. The Balaban J connectivity index is 2.94. The van der Waals surface area contributed by atoms with E-state index in [0.29, 0.717) is 0 Å². The number of rotatable bonds is 5. The zero-order valence-corrected chi connectivity index (χ0v) is 10.9. The van der Waals surface area contributed by atoms with Crippen LogP contribution >= 0.6 is 0 Å². The summed E-state index contributed by atoms with van der Waals surface area (Å²) < 4.78 is 70.2. The third-order valence-electron chi connectivity index (χ3n) is 2.27. The fourth-order valence-corrected chi connectivity index (χ4v) is 2.73. The molecule has 3 unspecified atom stereocenters. The molecule has 0 aromatic heterocycles. The lowest BCUT2D eigenvalue weighted by atomic mass is 10.0. The number of aliphatic hydroxyl groups excluding tert-OH is 2. The predicted octanol–water partition coefficient (Wildman–Crippen LogP) is -2.96. The van der Waals surface area contributed by atoms with Crippen molar-refractivity contribution in [2.75, 3.05) is 6.61 Å². The highest BCUT2D eigenvalue weighted by atomic mass is 32.3. The molecule has 1 aliphatic rings. The van der Waals surface area contributed by atoms with E-state index >= 15 is 0 Å². The van der Waals surface area contributed by atoms with Crippen LogP contribution in [0.25, 0.3) is 0 Å². The van der Waals surface area contributed by atoms with Gasteiger partial charge in [0.2, 0.25) is 0 Å². The van der Waals surface area contributed by atoms with Gasteiger partial charge in [-0.2, -0.15) is 21.6 Å². The van der Waals surface area contributed by atoms with E-state index in [1.807, 2.05) is 0 Å². The lowest BCUT2D eigenvalue weighted by molar-refractivity contribution is -0.207. The third kappa shape index (κ3) is 5.64. The molecule has 114 valence electrons. The average molecular weight is 323 g/mol. The average Bonchev–Trinajstić information content (AvgIpc) is 2.19. The highest BCUT2D eigenvalue weighted by molar-refractivity contribution is 7.83. The molecule has 1 fully saturated rings. The molecule has 0 saturated carbocycles. The highest BCUT2D eigenvalue weighted by Crippen LogP contribution is 2.23. The summed E-state index contributed by atoms with van der Waals surface area (Å²) in [6.07, 6.45) is -4.83. The van der Waals surface area contributed by atoms with Crippen molar-refractivity contribution in [1.82, 2.24) is 4.72 Å². The van der Waals surface area contributed by atoms with Crippen molar-refractivity contribution in [1.29, 1.82) is 0 Å². The molecule has 0 radical (unpaired) electrons. The lowest BCUT2D eigenvalue weighted by Crippen LogP contribution is -2.58. The van der Waals surface area contributed by atoms with Crippen molar-refractivity contribution in [3.63, 3.8) is 0 Å². The zero-order chi connectivity index (χ0) is 14.8. The lowest BCUT2D eigenvalue weighted by Gasteiger charge is -2.37. The van der Waals surface area contributed by atoms with Gasteiger partial charge in [-0.1, -0.05) is 0 Å². The van der Waals surface area contributed by atoms with Crippen molar-refractivity contribution in [2.24, 2.45) is 0 Å². The van der Waals surface area contributed by atoms with Crippen molar-refractivity contribution in [3.8, 4) is 0 Å². The first-order valence-corrected chi connectivity index (χ1v) is 7.67. The van der Waals surface area contributed by atoms with Crippen LogP contribution in [0.1, 0.15) is 6.42 Å². The minimum atomic E-state index is -4.93. The monoisotopic (exact) mass is 323 g/mol. The molecule has 0 spiro atoms. The summed E-state index contributed by atoms with van der Waals surface area (Å²) in [7, 11) is -9.71. The summed E-state index contributed by atoms with van der Waals surface area (Å²) in [6.45, 7) is -0.596. The number of nitrogens with one attached hydrogen (secondary N) is 1. The maximum atomic E-state index is 10.7. The molecule has 0 aromatic rings. The van der Waals surface area contributed by atoms with Crippen molar-refractivity contribution in [3.05, 3.63) is 0 Å². The Kier molecular flexibility index (Phi) is 5.21. The van der Waals surface area contributed by atoms with Gasteiger partial charge >= 0.3 is 20.7 Å². The second kappa shape index (κ2) is 5.94. The van der Waals surface area contributed by atoms with Crippen LogP contribution in [-0.4, -0.2) is 67.3 Å². The summed E-state index contributed by atoms with van der Waals surface area (Å²) in [5.41, 5.74) is 0. The highest BCUT2D eigenvalue weighted by Gasteiger charge is 2.42. The van der Waals surface area contributed by atoms with Gasteiger partial charge in [0.15, 0.2) is 6.29 Å². The van der Waals surface area contributed by atoms with Crippen LogP contribution in [0.2, 0.25) is 0 Å². The van der Waals surface area contributed by atoms with Gasteiger partial charge in [-0.25, -0.2) is 4.18 Å². The van der Waals surface area contributed by atoms with E-state index in [9.17, 15) is 21.9 Å². The SMILES string of the molecule is O=S(=O)(O)NC1C(O)OC(CO)C[C@@H]1OS(=O)(=O)O. The summed E-state index contributed by atoms with van der Waals surface area (Å²) in [4.78, 5) is 0. The first kappa shape index (κ1) is 16.7. The normalized spacial score (nSPS) is 33.3. The summed E-state index contributed by atoms with van der Waals surface area (Å²) in [6, 6.07) is -1.68. The standard InChI is InChI=1S/C6H13NO10S2/c8-2-3-1-4(17-19(13,14)15)5(6(9)16-3)7-18(10,11)12/h3-9H,1-2H2,(H,10,11,12)(H,13,14,15)/t3?,4-,5?,6?/m0/s1. The molecule has 11 nitrogen and oxygen atoms in total. The fourth-order valence-electron chi connectivity index (χ4n) is 1.61. The summed E-state index contributed by atoms with van der Waals surface area (Å²) in [5.74, 6) is 0. The van der Waals surface area contributed by atoms with Crippen LogP contribution in [0.5, 0.6) is 0 Å². The molecular weight excluding hydrogens is 310 g/mol. The first-order valence-electron chi connectivity index (χ1n) is 4.86. The van der Waals surface area contributed by atoms with Crippen molar-refractivity contribution >= 4 is 20.7 Å². The molecule has 0 aromatic carbocycles. The minimum Gasteiger partial charge on any atom is -0.394 e. The number of hydrogen-bond acceptors (Lipinski definition) is 8. The molecule has 4 atom stereocenters. The summed E-state index contributed by atoms with van der Waals surface area (Å²) >= 11 is 0. The van der Waals surface area contributed by atoms with Gasteiger partial charge < -0.3 is 14.9 Å². The third-order valence-corrected chi connectivity index (χ3v) is 3.33. The zero-order valence-electron chi connectivity index (χ0n) is 9.28. The van der Waals surface area contributed by atoms with Crippen LogP contribution in [0.15, 0.2) is 0 Å². The molecule has 1 aliphatic heterocycles. The van der Waals surface area contributed by atoms with E-state index in [1.165, 1.54) is 4.72 Å². The quantitative estimate of drug-likeness (QED) is 0.328. The Labute approximate surface area is 109 Å². The predicted molar refractivity (Wildman–Crippen MR) is 57.5 cm³/mol. The molecule has 1 rings (SSSR count). The van der Waals surface area contributed by atoms with Crippen LogP contribution in [0.3, 0.4) is 0 Å². The molecule has 0 bridgehead atoms. The van der Waals surface area contributed by atoms with E-state index in [-0.39, 0.29) is 6.42 Å². The van der Waals surface area contributed by atoms with Crippen LogP contribution < -0.4 is 4.72 Å². The molecule has 5 N–H and O–H groups in total. The van der Waals surface area contributed by atoms with Crippen LogP contribution in [0.4, 0.5) is 0 Å². The topological polar surface area (TPSA) is 180 Å². The minimum absolute atomic E-state index is 0.347. The molecule has 13 heteroatoms. The Hall–Kier alpha value is -0.380. The van der Waals surface area contributed by atoms with Crippen molar-refractivity contribution < 1.29 is 45.1 Å². The van der Waals surface area contributed by atoms with Gasteiger partial charge in [-0.15, -0.1) is 0 Å². The first-order chi connectivity index (χ1) is 8.52. The molecule has 0 aliphatic carbocycles. The summed E-state index contributed by atoms with van der Waals surface area (Å²) in [5, 5.41) is 18.3. The van der Waals surface area contributed by atoms with Crippen molar-refractivity contribution in [2.45, 2.75) is 31.0 Å². The van der Waals surface area contributed by atoms with Crippen LogP contribution in [-0.2, 0) is 29.6 Å². The Morgan fingerprint density at radius 1 is 1.26 bits per heavy atom. The van der Waals surface area contributed by atoms with Gasteiger partial charge in [0.25, 0.3) is 0 Å². The smallest absolute Gasteiger partial charge is 0.394 e. The maximum Gasteiger partial charge on any atom is 0.397 e. The second-order valence-electron chi connectivity index (χ2n) is 3.75. The number of aliphatic hydroxyl groups is 2. The van der Waals surface area contributed by atoms with Gasteiger partial charge in [-0.05, 0) is 0 Å². The second-order valence-corrected chi connectivity index (χ2v) is 5.98. The van der Waals surface area contributed by atoms with Gasteiger partial charge in [-0.3, -0.25) is 9.11 Å². The molecule has 1 saturated heterocycles. The molecule has 19 heavy (non-hydrogen) atoms. The number of ether oxygens (including phenoxy) is 1. The van der Waals surface area contributed by atoms with E-state index in [0.717, 1.165) is 0 Å². The fraction of sp³-hybridized carbons (Fsp3) is 1.00. The van der Waals surface area contributed by atoms with E-state index < -0.39 is 51.8 Å². The molecule has 0 amide bonds. The van der Waals surface area contributed by atoms with E-state index in [4.69, 9.17) is 18.9 Å². The Morgan fingerprint density at radius 2 is 1.84 bits per heavy atom. The van der Waals surface area contributed by atoms with Gasteiger partial charge in [0.05, 0.1) is 12.7 Å². The largest absolute Gasteiger partial charge is 0.397 e.